The Bertz CT molecular complexity index is 1330. The number of hydrogen-bond acceptors (Lipinski definition) is 4. The SMILES string of the molecule is CNCCN(C)C(=O)c1ccc2c(S(C)=O)cn(-c3ccc(-c4ccccc4F)cn3)c2c1. The van der Waals surface area contributed by atoms with Crippen LogP contribution in [-0.2, 0) is 10.8 Å². The minimum absolute atomic E-state index is 0.0954. The molecule has 8 heteroatoms. The molecule has 1 N–H and O–H groups in total. The third-order valence-electron chi connectivity index (χ3n) is 5.55. The predicted molar refractivity (Wildman–Crippen MR) is 130 cm³/mol. The van der Waals surface area contributed by atoms with Crippen LogP contribution in [0.2, 0.25) is 0 Å². The van der Waals surface area contributed by atoms with E-state index in [1.54, 1.807) is 73.1 Å². The molecule has 0 radical (unpaired) electrons. The van der Waals surface area contributed by atoms with Crippen molar-refractivity contribution in [2.24, 2.45) is 0 Å². The van der Waals surface area contributed by atoms with E-state index in [0.29, 0.717) is 40.5 Å². The molecule has 1 unspecified atom stereocenters. The van der Waals surface area contributed by atoms with Crippen molar-refractivity contribution >= 4 is 27.6 Å². The summed E-state index contributed by atoms with van der Waals surface area (Å²) in [5.41, 5.74) is 2.41. The number of aromatic nitrogens is 2. The highest BCUT2D eigenvalue weighted by atomic mass is 32.2. The highest BCUT2D eigenvalue weighted by Gasteiger charge is 2.18. The van der Waals surface area contributed by atoms with Crippen molar-refractivity contribution in [3.63, 3.8) is 0 Å². The van der Waals surface area contributed by atoms with Crippen molar-refractivity contribution in [1.29, 1.82) is 0 Å². The summed E-state index contributed by atoms with van der Waals surface area (Å²) >= 11 is 0. The maximum Gasteiger partial charge on any atom is 0.253 e. The number of likely N-dealkylation sites (N-methyl/N-ethyl adjacent to an activating group) is 2. The van der Waals surface area contributed by atoms with Crippen molar-refractivity contribution < 1.29 is 13.4 Å². The van der Waals surface area contributed by atoms with Gasteiger partial charge in [-0.25, -0.2) is 9.37 Å². The average molecular weight is 465 g/mol. The molecule has 4 rings (SSSR count). The van der Waals surface area contributed by atoms with Crippen LogP contribution < -0.4 is 5.32 Å². The first-order valence-corrected chi connectivity index (χ1v) is 12.1. The second kappa shape index (κ2) is 9.64. The van der Waals surface area contributed by atoms with Crippen molar-refractivity contribution in [3.05, 3.63) is 78.4 Å². The predicted octanol–water partition coefficient (Wildman–Crippen LogP) is 3.86. The van der Waals surface area contributed by atoms with Gasteiger partial charge in [-0.05, 0) is 37.4 Å². The van der Waals surface area contributed by atoms with Crippen LogP contribution in [0.25, 0.3) is 27.8 Å². The minimum Gasteiger partial charge on any atom is -0.340 e. The van der Waals surface area contributed by atoms with Gasteiger partial charge in [-0.1, -0.05) is 24.3 Å². The number of carbonyl (C=O) groups is 1. The molecule has 2 heterocycles. The number of nitrogens with zero attached hydrogens (tertiary/aromatic N) is 3. The first kappa shape index (κ1) is 22.8. The maximum atomic E-state index is 14.2. The second-order valence-electron chi connectivity index (χ2n) is 7.76. The summed E-state index contributed by atoms with van der Waals surface area (Å²) in [6.07, 6.45) is 5.02. The Morgan fingerprint density at radius 3 is 2.64 bits per heavy atom. The Hall–Kier alpha value is -3.36. The van der Waals surface area contributed by atoms with Crippen LogP contribution in [0.1, 0.15) is 10.4 Å². The van der Waals surface area contributed by atoms with Gasteiger partial charge < -0.3 is 10.2 Å². The van der Waals surface area contributed by atoms with Gasteiger partial charge in [-0.2, -0.15) is 0 Å². The van der Waals surface area contributed by atoms with Crippen molar-refractivity contribution in [2.45, 2.75) is 4.90 Å². The largest absolute Gasteiger partial charge is 0.340 e. The topological polar surface area (TPSA) is 67.2 Å². The molecule has 1 amide bonds. The van der Waals surface area contributed by atoms with E-state index in [2.05, 4.69) is 10.3 Å². The second-order valence-corrected chi connectivity index (χ2v) is 9.11. The van der Waals surface area contributed by atoms with Gasteiger partial charge in [0.1, 0.15) is 11.6 Å². The molecular weight excluding hydrogens is 439 g/mol. The molecule has 6 nitrogen and oxygen atoms in total. The van der Waals surface area contributed by atoms with Crippen LogP contribution in [-0.4, -0.2) is 58.0 Å². The molecule has 4 aromatic rings. The Balaban J connectivity index is 1.77. The summed E-state index contributed by atoms with van der Waals surface area (Å²) in [6.45, 7) is 1.27. The summed E-state index contributed by atoms with van der Waals surface area (Å²) in [4.78, 5) is 19.7. The Morgan fingerprint density at radius 1 is 1.18 bits per heavy atom. The van der Waals surface area contributed by atoms with Crippen LogP contribution in [0.4, 0.5) is 4.39 Å². The van der Waals surface area contributed by atoms with E-state index in [9.17, 15) is 13.4 Å². The highest BCUT2D eigenvalue weighted by molar-refractivity contribution is 7.84. The number of pyridine rings is 1. The Labute approximate surface area is 194 Å². The number of benzene rings is 2. The first-order valence-electron chi connectivity index (χ1n) is 10.5. The highest BCUT2D eigenvalue weighted by Crippen LogP contribution is 2.29. The molecule has 0 aliphatic heterocycles. The molecular formula is C25H25FN4O2S. The van der Waals surface area contributed by atoms with Crippen molar-refractivity contribution in [1.82, 2.24) is 19.8 Å². The molecule has 1 atom stereocenters. The molecule has 0 saturated carbocycles. The third kappa shape index (κ3) is 4.58. The number of hydrogen-bond donors (Lipinski definition) is 1. The van der Waals surface area contributed by atoms with E-state index in [1.165, 1.54) is 6.07 Å². The number of carbonyl (C=O) groups excluding carboxylic acids is 1. The van der Waals surface area contributed by atoms with Gasteiger partial charge in [0.05, 0.1) is 21.2 Å². The zero-order valence-corrected chi connectivity index (χ0v) is 19.5. The molecule has 0 aliphatic carbocycles. The molecule has 0 aliphatic rings. The van der Waals surface area contributed by atoms with Gasteiger partial charge >= 0.3 is 0 Å². The Kier molecular flexibility index (Phi) is 6.67. The maximum absolute atomic E-state index is 14.2. The fraction of sp³-hybridized carbons (Fsp3) is 0.200. The molecule has 2 aromatic heterocycles. The van der Waals surface area contributed by atoms with Crippen LogP contribution in [0.5, 0.6) is 0 Å². The standard InChI is InChI=1S/C25H25FN4O2S/c1-27-12-13-29(2)25(31)17-8-10-20-22(14-17)30(16-23(20)33(3)32)24-11-9-18(15-28-24)19-6-4-5-7-21(19)26/h4-11,14-16,27H,12-13H2,1-3H3. The average Bonchev–Trinajstić information content (AvgIpc) is 3.21. The van der Waals surface area contributed by atoms with Crippen molar-refractivity contribution in [3.8, 4) is 16.9 Å². The number of nitrogens with one attached hydrogen (secondary N) is 1. The molecule has 33 heavy (non-hydrogen) atoms. The van der Waals surface area contributed by atoms with Crippen LogP contribution in [0.3, 0.4) is 0 Å². The fourth-order valence-corrected chi connectivity index (χ4v) is 4.47. The lowest BCUT2D eigenvalue weighted by Gasteiger charge is -2.17. The smallest absolute Gasteiger partial charge is 0.253 e. The molecule has 0 bridgehead atoms. The number of halogens is 1. The molecule has 170 valence electrons. The number of amides is 1. The van der Waals surface area contributed by atoms with Gasteiger partial charge in [0.15, 0.2) is 0 Å². The summed E-state index contributed by atoms with van der Waals surface area (Å²) in [5, 5.41) is 3.83. The minimum atomic E-state index is -1.23. The van der Waals surface area contributed by atoms with E-state index in [4.69, 9.17) is 0 Å². The van der Waals surface area contributed by atoms with Crippen molar-refractivity contribution in [2.75, 3.05) is 33.4 Å². The quantitative estimate of drug-likeness (QED) is 0.451. The molecule has 2 aromatic carbocycles. The molecule has 0 saturated heterocycles. The van der Waals surface area contributed by atoms with E-state index in [0.717, 1.165) is 10.9 Å². The van der Waals surface area contributed by atoms with Crippen LogP contribution in [0.15, 0.2) is 71.9 Å². The van der Waals surface area contributed by atoms with Gasteiger partial charge in [-0.3, -0.25) is 13.6 Å². The van der Waals surface area contributed by atoms with Crippen LogP contribution >= 0.6 is 0 Å². The van der Waals surface area contributed by atoms with Crippen LogP contribution in [0, 0.1) is 5.82 Å². The van der Waals surface area contributed by atoms with Gasteiger partial charge in [0.25, 0.3) is 5.91 Å². The zero-order chi connectivity index (χ0) is 23.5. The van der Waals surface area contributed by atoms with Gasteiger partial charge in [0, 0.05) is 60.9 Å². The first-order chi connectivity index (χ1) is 15.9. The van der Waals surface area contributed by atoms with E-state index in [-0.39, 0.29) is 11.7 Å². The normalized spacial score (nSPS) is 12.1. The van der Waals surface area contributed by atoms with Gasteiger partial charge in [-0.15, -0.1) is 0 Å². The lowest BCUT2D eigenvalue weighted by atomic mass is 10.1. The van der Waals surface area contributed by atoms with E-state index >= 15 is 0 Å². The zero-order valence-electron chi connectivity index (χ0n) is 18.7. The number of rotatable bonds is 7. The Morgan fingerprint density at radius 2 is 1.97 bits per heavy atom. The summed E-state index contributed by atoms with van der Waals surface area (Å²) < 4.78 is 28.4. The van der Waals surface area contributed by atoms with Gasteiger partial charge in [0.2, 0.25) is 0 Å². The lowest BCUT2D eigenvalue weighted by Crippen LogP contribution is -2.32. The fourth-order valence-electron chi connectivity index (χ4n) is 3.73. The van der Waals surface area contributed by atoms with E-state index in [1.807, 2.05) is 17.7 Å². The lowest BCUT2D eigenvalue weighted by molar-refractivity contribution is 0.0797. The molecule has 0 fully saturated rings. The third-order valence-corrected chi connectivity index (χ3v) is 6.49. The summed E-state index contributed by atoms with van der Waals surface area (Å²) in [7, 11) is 2.38. The monoisotopic (exact) mass is 464 g/mol. The summed E-state index contributed by atoms with van der Waals surface area (Å²) in [5.74, 6) is 0.180. The van der Waals surface area contributed by atoms with E-state index < -0.39 is 10.8 Å². The molecule has 0 spiro atoms. The number of fused-ring (bicyclic) bond motifs is 1. The summed E-state index contributed by atoms with van der Waals surface area (Å²) in [6, 6.07) is 15.5.